The Morgan fingerprint density at radius 1 is 0.769 bits per heavy atom. The zero-order valence-electron chi connectivity index (χ0n) is 16.0. The predicted octanol–water partition coefficient (Wildman–Crippen LogP) is 0.196. The first kappa shape index (κ1) is 23.8. The van der Waals surface area contributed by atoms with E-state index in [9.17, 15) is 19.2 Å². The second-order valence-electron chi connectivity index (χ2n) is 7.16. The maximum Gasteiger partial charge on any atom is 0.326 e. The third-order valence-electron chi connectivity index (χ3n) is 3.71. The number of carboxylic acid groups (broad SMARTS) is 2. The van der Waals surface area contributed by atoms with Crippen molar-refractivity contribution in [2.75, 3.05) is 7.05 Å². The zero-order valence-corrected chi connectivity index (χ0v) is 16.0. The topological polar surface area (TPSA) is 145 Å². The Labute approximate surface area is 153 Å². The third kappa shape index (κ3) is 9.36. The molecule has 26 heavy (non-hydrogen) atoms. The molecule has 0 aliphatic heterocycles. The smallest absolute Gasteiger partial charge is 0.326 e. The summed E-state index contributed by atoms with van der Waals surface area (Å²) in [5, 5.41) is 25.6. The molecule has 5 N–H and O–H groups in total. The molecule has 9 heteroatoms. The van der Waals surface area contributed by atoms with Gasteiger partial charge in [0.2, 0.25) is 11.8 Å². The lowest BCUT2D eigenvalue weighted by molar-refractivity contribution is -0.147. The average Bonchev–Trinajstić information content (AvgIpc) is 2.49. The van der Waals surface area contributed by atoms with Crippen LogP contribution in [0.15, 0.2) is 0 Å². The lowest BCUT2D eigenvalue weighted by atomic mass is 10.00. The van der Waals surface area contributed by atoms with Crippen LogP contribution in [0.5, 0.6) is 0 Å². The summed E-state index contributed by atoms with van der Waals surface area (Å²) in [6.45, 7) is 7.67. The molecule has 0 heterocycles. The fourth-order valence-electron chi connectivity index (χ4n) is 2.45. The molecule has 0 aliphatic carbocycles. The van der Waals surface area contributed by atoms with E-state index in [0.717, 1.165) is 0 Å². The van der Waals surface area contributed by atoms with Crippen molar-refractivity contribution in [2.24, 2.45) is 11.8 Å². The standard InChI is InChI=1S/C17H31N3O6/c1-9(2)6-11(18-5)15(23)19-12(7-10(3)4)16(24)20-13(17(25)26)8-14(21)22/h9-13,18H,6-8H2,1-5H3,(H,19,23)(H,20,24)(H,21,22)(H,25,26)/t11-,12-,13-/m0/s1. The number of rotatable bonds is 12. The van der Waals surface area contributed by atoms with E-state index in [1.807, 2.05) is 27.7 Å². The van der Waals surface area contributed by atoms with Gasteiger partial charge in [0.25, 0.3) is 0 Å². The minimum Gasteiger partial charge on any atom is -0.481 e. The fourth-order valence-corrected chi connectivity index (χ4v) is 2.45. The number of aliphatic carboxylic acids is 2. The Hall–Kier alpha value is -2.16. The van der Waals surface area contributed by atoms with Gasteiger partial charge in [-0.1, -0.05) is 27.7 Å². The molecule has 9 nitrogen and oxygen atoms in total. The molecule has 0 aromatic rings. The van der Waals surface area contributed by atoms with E-state index in [0.29, 0.717) is 12.8 Å². The van der Waals surface area contributed by atoms with Gasteiger partial charge >= 0.3 is 11.9 Å². The van der Waals surface area contributed by atoms with Crippen LogP contribution in [-0.4, -0.2) is 59.1 Å². The van der Waals surface area contributed by atoms with Crippen molar-refractivity contribution in [3.63, 3.8) is 0 Å². The highest BCUT2D eigenvalue weighted by Crippen LogP contribution is 2.09. The van der Waals surface area contributed by atoms with Crippen LogP contribution >= 0.6 is 0 Å². The first-order valence-electron chi connectivity index (χ1n) is 8.70. The minimum absolute atomic E-state index is 0.0620. The molecule has 0 aromatic carbocycles. The van der Waals surface area contributed by atoms with Crippen molar-refractivity contribution in [1.29, 1.82) is 0 Å². The number of carbonyl (C=O) groups is 4. The summed E-state index contributed by atoms with van der Waals surface area (Å²) >= 11 is 0. The lowest BCUT2D eigenvalue weighted by Gasteiger charge is -2.25. The van der Waals surface area contributed by atoms with Crippen LogP contribution in [0.25, 0.3) is 0 Å². The largest absolute Gasteiger partial charge is 0.481 e. The van der Waals surface area contributed by atoms with Gasteiger partial charge in [0, 0.05) is 0 Å². The first-order valence-corrected chi connectivity index (χ1v) is 8.70. The Bertz CT molecular complexity index is 507. The minimum atomic E-state index is -1.55. The van der Waals surface area contributed by atoms with E-state index in [1.54, 1.807) is 7.05 Å². The molecule has 0 unspecified atom stereocenters. The van der Waals surface area contributed by atoms with Gasteiger partial charge in [-0.05, 0) is 31.7 Å². The van der Waals surface area contributed by atoms with Gasteiger partial charge in [0.15, 0.2) is 0 Å². The lowest BCUT2D eigenvalue weighted by Crippen LogP contribution is -2.55. The SMILES string of the molecule is CN[C@@H](CC(C)C)C(=O)N[C@@H](CC(C)C)C(=O)N[C@@H](CC(=O)O)C(=O)O. The van der Waals surface area contributed by atoms with Crippen LogP contribution < -0.4 is 16.0 Å². The number of hydrogen-bond acceptors (Lipinski definition) is 5. The summed E-state index contributed by atoms with van der Waals surface area (Å²) in [5.41, 5.74) is 0. The summed E-state index contributed by atoms with van der Waals surface area (Å²) in [6, 6.07) is -2.98. The zero-order chi connectivity index (χ0) is 20.4. The van der Waals surface area contributed by atoms with Crippen LogP contribution in [0.1, 0.15) is 47.0 Å². The highest BCUT2D eigenvalue weighted by atomic mass is 16.4. The highest BCUT2D eigenvalue weighted by Gasteiger charge is 2.30. The number of hydrogen-bond donors (Lipinski definition) is 5. The first-order chi connectivity index (χ1) is 12.0. The average molecular weight is 373 g/mol. The molecule has 0 aromatic heterocycles. The fraction of sp³-hybridized carbons (Fsp3) is 0.765. The van der Waals surface area contributed by atoms with E-state index >= 15 is 0 Å². The predicted molar refractivity (Wildman–Crippen MR) is 95.5 cm³/mol. The highest BCUT2D eigenvalue weighted by molar-refractivity contribution is 5.92. The van der Waals surface area contributed by atoms with E-state index < -0.39 is 42.4 Å². The van der Waals surface area contributed by atoms with Crippen LogP contribution in [0.4, 0.5) is 0 Å². The molecule has 2 amide bonds. The summed E-state index contributed by atoms with van der Waals surface area (Å²) in [4.78, 5) is 46.8. The van der Waals surface area contributed by atoms with E-state index in [2.05, 4.69) is 16.0 Å². The molecule has 0 bridgehead atoms. The van der Waals surface area contributed by atoms with Crippen molar-refractivity contribution in [3.05, 3.63) is 0 Å². The number of carboxylic acids is 2. The molecule has 0 saturated carbocycles. The van der Waals surface area contributed by atoms with Crippen LogP contribution in [0.2, 0.25) is 0 Å². The molecule has 0 saturated heterocycles. The number of likely N-dealkylation sites (N-methyl/N-ethyl adjacent to an activating group) is 1. The quantitative estimate of drug-likeness (QED) is 0.328. The maximum absolute atomic E-state index is 12.4. The molecular formula is C17H31N3O6. The number of carbonyl (C=O) groups excluding carboxylic acids is 2. The van der Waals surface area contributed by atoms with Crippen molar-refractivity contribution < 1.29 is 29.4 Å². The molecule has 0 radical (unpaired) electrons. The number of amides is 2. The number of nitrogens with one attached hydrogen (secondary N) is 3. The molecule has 150 valence electrons. The van der Waals surface area contributed by atoms with Gasteiger partial charge in [-0.25, -0.2) is 4.79 Å². The van der Waals surface area contributed by atoms with Gasteiger partial charge in [-0.3, -0.25) is 14.4 Å². The van der Waals surface area contributed by atoms with Gasteiger partial charge in [0.1, 0.15) is 12.1 Å². The maximum atomic E-state index is 12.4. The summed E-state index contributed by atoms with van der Waals surface area (Å²) in [5.74, 6) is -3.51. The van der Waals surface area contributed by atoms with E-state index in [4.69, 9.17) is 10.2 Å². The van der Waals surface area contributed by atoms with Crippen molar-refractivity contribution in [3.8, 4) is 0 Å². The second kappa shape index (κ2) is 11.5. The monoisotopic (exact) mass is 373 g/mol. The molecule has 0 aliphatic rings. The van der Waals surface area contributed by atoms with E-state index in [-0.39, 0.29) is 17.7 Å². The van der Waals surface area contributed by atoms with Crippen molar-refractivity contribution >= 4 is 23.8 Å². The van der Waals surface area contributed by atoms with Crippen LogP contribution in [0.3, 0.4) is 0 Å². The van der Waals surface area contributed by atoms with Gasteiger partial charge in [-0.15, -0.1) is 0 Å². The van der Waals surface area contributed by atoms with Gasteiger partial charge in [0.05, 0.1) is 12.5 Å². The summed E-state index contributed by atoms with van der Waals surface area (Å²) in [7, 11) is 1.65. The summed E-state index contributed by atoms with van der Waals surface area (Å²) < 4.78 is 0. The molecular weight excluding hydrogens is 342 g/mol. The molecule has 0 rings (SSSR count). The van der Waals surface area contributed by atoms with Crippen LogP contribution in [-0.2, 0) is 19.2 Å². The van der Waals surface area contributed by atoms with Crippen molar-refractivity contribution in [1.82, 2.24) is 16.0 Å². The summed E-state index contributed by atoms with van der Waals surface area (Å²) in [6.07, 6.45) is 0.139. The molecule has 0 fully saturated rings. The Balaban J connectivity index is 5.16. The van der Waals surface area contributed by atoms with Crippen molar-refractivity contribution in [2.45, 2.75) is 65.1 Å². The Morgan fingerprint density at radius 3 is 1.58 bits per heavy atom. The van der Waals surface area contributed by atoms with Gasteiger partial charge < -0.3 is 26.2 Å². The van der Waals surface area contributed by atoms with E-state index in [1.165, 1.54) is 0 Å². The Morgan fingerprint density at radius 2 is 1.19 bits per heavy atom. The second-order valence-corrected chi connectivity index (χ2v) is 7.16. The van der Waals surface area contributed by atoms with Gasteiger partial charge in [-0.2, -0.15) is 0 Å². The normalized spacial score (nSPS) is 14.6. The Kier molecular flexibility index (Phi) is 10.5. The molecule has 0 spiro atoms. The van der Waals surface area contributed by atoms with Crippen LogP contribution in [0, 0.1) is 11.8 Å². The third-order valence-corrected chi connectivity index (χ3v) is 3.71. The molecule has 3 atom stereocenters.